The van der Waals surface area contributed by atoms with Gasteiger partial charge in [0, 0.05) is 19.1 Å². The number of piperidine rings is 1. The molecule has 3 aliphatic rings. The predicted molar refractivity (Wildman–Crippen MR) is 103 cm³/mol. The van der Waals surface area contributed by atoms with Gasteiger partial charge in [-0.3, -0.25) is 19.4 Å². The fourth-order valence-corrected chi connectivity index (χ4v) is 4.86. The summed E-state index contributed by atoms with van der Waals surface area (Å²) < 4.78 is 0. The molecule has 0 radical (unpaired) electrons. The van der Waals surface area contributed by atoms with Crippen LogP contribution >= 0.6 is 0 Å². The predicted octanol–water partition coefficient (Wildman–Crippen LogP) is 1.72. The second-order valence-corrected chi connectivity index (χ2v) is 8.84. The summed E-state index contributed by atoms with van der Waals surface area (Å²) in [6.07, 6.45) is 6.07. The van der Waals surface area contributed by atoms with E-state index in [1.54, 1.807) is 0 Å². The number of nitrogens with zero attached hydrogens (tertiary/aromatic N) is 2. The minimum absolute atomic E-state index is 0.108. The van der Waals surface area contributed by atoms with Crippen LogP contribution in [0, 0.1) is 11.8 Å². The average molecular weight is 379 g/mol. The Bertz CT molecular complexity index is 596. The van der Waals surface area contributed by atoms with Crippen molar-refractivity contribution in [1.29, 1.82) is 0 Å². The topological polar surface area (TPSA) is 81.8 Å². The van der Waals surface area contributed by atoms with Gasteiger partial charge >= 0.3 is 6.03 Å². The van der Waals surface area contributed by atoms with E-state index in [1.165, 1.54) is 12.8 Å². The summed E-state index contributed by atoms with van der Waals surface area (Å²) in [7, 11) is 0. The molecular formula is C20H34N4O3. The number of hydrogen-bond donors (Lipinski definition) is 2. The summed E-state index contributed by atoms with van der Waals surface area (Å²) >= 11 is 0. The van der Waals surface area contributed by atoms with E-state index < -0.39 is 11.6 Å². The lowest BCUT2D eigenvalue weighted by Gasteiger charge is -2.36. The molecule has 7 heteroatoms. The van der Waals surface area contributed by atoms with Crippen molar-refractivity contribution in [2.24, 2.45) is 11.8 Å². The van der Waals surface area contributed by atoms with Crippen LogP contribution in [-0.4, -0.2) is 65.4 Å². The highest BCUT2D eigenvalue weighted by Crippen LogP contribution is 2.38. The third-order valence-electron chi connectivity index (χ3n) is 6.71. The van der Waals surface area contributed by atoms with Crippen molar-refractivity contribution in [2.75, 3.05) is 26.2 Å². The van der Waals surface area contributed by atoms with Crippen molar-refractivity contribution in [1.82, 2.24) is 20.4 Å². The van der Waals surface area contributed by atoms with E-state index in [0.717, 1.165) is 37.3 Å². The number of rotatable bonds is 5. The summed E-state index contributed by atoms with van der Waals surface area (Å²) in [5.74, 6) is 0.303. The van der Waals surface area contributed by atoms with Crippen LogP contribution in [0.5, 0.6) is 0 Å². The van der Waals surface area contributed by atoms with Gasteiger partial charge in [0.15, 0.2) is 0 Å². The molecule has 0 bridgehead atoms. The van der Waals surface area contributed by atoms with Crippen LogP contribution in [0.25, 0.3) is 0 Å². The lowest BCUT2D eigenvalue weighted by Crippen LogP contribution is -2.54. The van der Waals surface area contributed by atoms with Crippen molar-refractivity contribution in [3.05, 3.63) is 0 Å². The maximum absolute atomic E-state index is 12.9. The summed E-state index contributed by atoms with van der Waals surface area (Å²) in [6, 6.07) is -0.175. The van der Waals surface area contributed by atoms with Crippen LogP contribution in [0.4, 0.5) is 4.79 Å². The zero-order valence-electron chi connectivity index (χ0n) is 16.9. The maximum atomic E-state index is 12.9. The van der Waals surface area contributed by atoms with E-state index in [0.29, 0.717) is 18.9 Å². The Kier molecular flexibility index (Phi) is 6.08. The van der Waals surface area contributed by atoms with E-state index in [-0.39, 0.29) is 30.3 Å². The Balaban J connectivity index is 1.51. The Morgan fingerprint density at radius 3 is 2.74 bits per heavy atom. The van der Waals surface area contributed by atoms with E-state index in [4.69, 9.17) is 0 Å². The molecule has 2 saturated heterocycles. The minimum atomic E-state index is -0.799. The van der Waals surface area contributed by atoms with Gasteiger partial charge in [0.25, 0.3) is 5.91 Å². The van der Waals surface area contributed by atoms with Crippen molar-refractivity contribution in [2.45, 2.75) is 70.9 Å². The summed E-state index contributed by atoms with van der Waals surface area (Å²) in [5, 5.41) is 5.81. The quantitative estimate of drug-likeness (QED) is 0.714. The molecule has 4 atom stereocenters. The Labute approximate surface area is 162 Å². The van der Waals surface area contributed by atoms with Gasteiger partial charge in [-0.25, -0.2) is 4.79 Å². The van der Waals surface area contributed by atoms with Crippen molar-refractivity contribution >= 4 is 17.8 Å². The summed E-state index contributed by atoms with van der Waals surface area (Å²) in [4.78, 5) is 41.2. The fourth-order valence-electron chi connectivity index (χ4n) is 4.86. The van der Waals surface area contributed by atoms with Gasteiger partial charge in [-0.2, -0.15) is 0 Å². The molecule has 0 aromatic carbocycles. The van der Waals surface area contributed by atoms with Gasteiger partial charge in [0.05, 0.1) is 0 Å². The van der Waals surface area contributed by atoms with Gasteiger partial charge in [0.1, 0.15) is 12.1 Å². The third kappa shape index (κ3) is 4.13. The zero-order valence-corrected chi connectivity index (χ0v) is 16.9. The van der Waals surface area contributed by atoms with Crippen molar-refractivity contribution < 1.29 is 14.4 Å². The van der Waals surface area contributed by atoms with Crippen LogP contribution in [0.3, 0.4) is 0 Å². The number of likely N-dealkylation sites (tertiary alicyclic amines) is 1. The van der Waals surface area contributed by atoms with Crippen molar-refractivity contribution in [3.8, 4) is 0 Å². The van der Waals surface area contributed by atoms with Crippen LogP contribution < -0.4 is 10.6 Å². The number of amides is 4. The standard InChI is InChI=1S/C20H34N4O3/c1-14-7-6-10-23(12-14)16(3)11-21-17(25)13-24-18(26)20(22-19(24)27)9-5-4-8-15(20)2/h14-16H,4-13H2,1-3H3,(H,21,25)(H,22,27). The molecule has 4 unspecified atom stereocenters. The van der Waals surface area contributed by atoms with Gasteiger partial charge < -0.3 is 10.6 Å². The fraction of sp³-hybridized carbons (Fsp3) is 0.850. The molecule has 3 rings (SSSR count). The third-order valence-corrected chi connectivity index (χ3v) is 6.71. The molecule has 4 amide bonds. The van der Waals surface area contributed by atoms with Gasteiger partial charge in [-0.15, -0.1) is 0 Å². The first kappa shape index (κ1) is 20.1. The van der Waals surface area contributed by atoms with Crippen LogP contribution in [0.2, 0.25) is 0 Å². The number of hydrogen-bond acceptors (Lipinski definition) is 4. The van der Waals surface area contributed by atoms with E-state index in [1.807, 2.05) is 6.92 Å². The zero-order chi connectivity index (χ0) is 19.6. The van der Waals surface area contributed by atoms with Crippen LogP contribution in [-0.2, 0) is 9.59 Å². The first-order chi connectivity index (χ1) is 12.8. The summed E-state index contributed by atoms with van der Waals surface area (Å²) in [5.41, 5.74) is -0.799. The average Bonchev–Trinajstić information content (AvgIpc) is 2.87. The highest BCUT2D eigenvalue weighted by Gasteiger charge is 2.55. The van der Waals surface area contributed by atoms with E-state index in [9.17, 15) is 14.4 Å². The van der Waals surface area contributed by atoms with E-state index >= 15 is 0 Å². The molecule has 1 spiro atoms. The number of carbonyl (C=O) groups is 3. The number of imide groups is 1. The van der Waals surface area contributed by atoms with Gasteiger partial charge in [-0.1, -0.05) is 26.7 Å². The molecule has 0 aromatic rings. The molecule has 3 fully saturated rings. The number of urea groups is 1. The molecule has 2 aliphatic heterocycles. The molecule has 1 saturated carbocycles. The van der Waals surface area contributed by atoms with Gasteiger partial charge in [-0.05, 0) is 51.0 Å². The molecule has 7 nitrogen and oxygen atoms in total. The van der Waals surface area contributed by atoms with Crippen LogP contribution in [0.1, 0.15) is 59.3 Å². The lowest BCUT2D eigenvalue weighted by atomic mass is 9.73. The molecule has 2 heterocycles. The monoisotopic (exact) mass is 378 g/mol. The lowest BCUT2D eigenvalue weighted by molar-refractivity contribution is -0.137. The number of carbonyl (C=O) groups excluding carboxylic acids is 3. The second-order valence-electron chi connectivity index (χ2n) is 8.84. The minimum Gasteiger partial charge on any atom is -0.353 e. The Morgan fingerprint density at radius 2 is 2.04 bits per heavy atom. The largest absolute Gasteiger partial charge is 0.353 e. The molecule has 0 aromatic heterocycles. The highest BCUT2D eigenvalue weighted by atomic mass is 16.2. The van der Waals surface area contributed by atoms with Gasteiger partial charge in [0.2, 0.25) is 5.91 Å². The van der Waals surface area contributed by atoms with E-state index in [2.05, 4.69) is 29.4 Å². The SMILES string of the molecule is CC1CCCN(C(C)CNC(=O)CN2C(=O)NC3(CCCCC3C)C2=O)C1. The number of nitrogens with one attached hydrogen (secondary N) is 2. The molecule has 2 N–H and O–H groups in total. The Hall–Kier alpha value is -1.63. The molecule has 1 aliphatic carbocycles. The normalized spacial score (nSPS) is 33.2. The second kappa shape index (κ2) is 8.17. The van der Waals surface area contributed by atoms with Crippen LogP contribution in [0.15, 0.2) is 0 Å². The first-order valence-electron chi connectivity index (χ1n) is 10.5. The smallest absolute Gasteiger partial charge is 0.325 e. The molecule has 27 heavy (non-hydrogen) atoms. The molecular weight excluding hydrogens is 344 g/mol. The maximum Gasteiger partial charge on any atom is 0.325 e. The summed E-state index contributed by atoms with van der Waals surface area (Å²) in [6.45, 7) is 8.86. The Morgan fingerprint density at radius 1 is 1.26 bits per heavy atom. The molecule has 152 valence electrons. The van der Waals surface area contributed by atoms with Crippen molar-refractivity contribution in [3.63, 3.8) is 0 Å². The first-order valence-corrected chi connectivity index (χ1v) is 10.5. The highest BCUT2D eigenvalue weighted by molar-refractivity contribution is 6.09.